The maximum atomic E-state index is 13.1. The number of pyridine rings is 2. The third-order valence-electron chi connectivity index (χ3n) is 4.55. The highest BCUT2D eigenvalue weighted by molar-refractivity contribution is 7.98. The zero-order valence-electron chi connectivity index (χ0n) is 15.6. The van der Waals surface area contributed by atoms with Crippen molar-refractivity contribution in [2.45, 2.75) is 17.5 Å². The minimum atomic E-state index is -0.136. The second kappa shape index (κ2) is 7.85. The van der Waals surface area contributed by atoms with Crippen molar-refractivity contribution in [1.82, 2.24) is 23.9 Å². The average Bonchev–Trinajstić information content (AvgIpc) is 3.24. The summed E-state index contributed by atoms with van der Waals surface area (Å²) >= 11 is 2.77. The van der Waals surface area contributed by atoms with E-state index in [-0.39, 0.29) is 11.1 Å². The first-order valence-electron chi connectivity index (χ1n) is 9.17. The van der Waals surface area contributed by atoms with Crippen molar-refractivity contribution in [2.24, 2.45) is 0 Å². The molecule has 5 heterocycles. The first-order valence-corrected chi connectivity index (χ1v) is 11.0. The van der Waals surface area contributed by atoms with Gasteiger partial charge in [-0.15, -0.1) is 11.3 Å². The zero-order chi connectivity index (χ0) is 20.5. The van der Waals surface area contributed by atoms with Gasteiger partial charge >= 0.3 is 0 Å². The molecule has 0 aliphatic rings. The molecular weight excluding hydrogens is 418 g/mol. The van der Waals surface area contributed by atoms with E-state index < -0.39 is 0 Å². The van der Waals surface area contributed by atoms with E-state index >= 15 is 0 Å². The quantitative estimate of drug-likeness (QED) is 0.313. The molecule has 9 heteroatoms. The Labute approximate surface area is 178 Å². The van der Waals surface area contributed by atoms with Gasteiger partial charge in [-0.3, -0.25) is 23.5 Å². The largest absolute Gasteiger partial charge is 0.280 e. The highest BCUT2D eigenvalue weighted by Crippen LogP contribution is 2.24. The molecule has 5 aromatic heterocycles. The van der Waals surface area contributed by atoms with Crippen molar-refractivity contribution in [1.29, 1.82) is 0 Å². The number of thiophene rings is 1. The Balaban J connectivity index is 1.53. The second-order valence-electron chi connectivity index (χ2n) is 6.54. The van der Waals surface area contributed by atoms with E-state index in [9.17, 15) is 9.59 Å². The Kier molecular flexibility index (Phi) is 4.89. The van der Waals surface area contributed by atoms with Crippen LogP contribution in [0.1, 0.15) is 11.4 Å². The molecular formula is C21H15N5O2S2. The Bertz CT molecular complexity index is 1470. The van der Waals surface area contributed by atoms with E-state index in [1.807, 2.05) is 35.7 Å². The third-order valence-corrected chi connectivity index (χ3v) is 6.45. The summed E-state index contributed by atoms with van der Waals surface area (Å²) in [6.45, 7) is 0.330. The molecule has 0 saturated heterocycles. The smallest absolute Gasteiger partial charge is 0.272 e. The lowest BCUT2D eigenvalue weighted by molar-refractivity contribution is 0.647. The zero-order valence-corrected chi connectivity index (χ0v) is 17.3. The van der Waals surface area contributed by atoms with Gasteiger partial charge in [0.05, 0.1) is 23.4 Å². The highest BCUT2D eigenvalue weighted by Gasteiger charge is 2.14. The fourth-order valence-corrected chi connectivity index (χ4v) is 4.81. The molecule has 5 aromatic rings. The molecule has 0 unspecified atom stereocenters. The number of hydrogen-bond donors (Lipinski definition) is 0. The predicted octanol–water partition coefficient (Wildman–Crippen LogP) is 3.20. The molecule has 0 spiro atoms. The standard InChI is InChI=1S/C21H15N5O2S2/c27-18-11-15(23-17-6-2-4-9-25(17)18)13-30-21-24-16-7-10-29-19(16)20(28)26(21)12-14-5-1-3-8-22-14/h1-11H,12-13H2. The Morgan fingerprint density at radius 1 is 1.00 bits per heavy atom. The topological polar surface area (TPSA) is 82.1 Å². The number of aromatic nitrogens is 5. The van der Waals surface area contributed by atoms with Crippen LogP contribution in [0.25, 0.3) is 15.9 Å². The van der Waals surface area contributed by atoms with E-state index in [1.165, 1.54) is 33.6 Å². The molecule has 0 N–H and O–H groups in total. The van der Waals surface area contributed by atoms with Crippen molar-refractivity contribution >= 4 is 39.0 Å². The summed E-state index contributed by atoms with van der Waals surface area (Å²) in [4.78, 5) is 39.0. The first kappa shape index (κ1) is 18.7. The SMILES string of the molecule is O=c1c2sccc2nc(SCc2cc(=O)n3ccccc3n2)n1Cc1ccccn1. The van der Waals surface area contributed by atoms with E-state index in [2.05, 4.69) is 15.0 Å². The predicted molar refractivity (Wildman–Crippen MR) is 118 cm³/mol. The maximum absolute atomic E-state index is 13.1. The van der Waals surface area contributed by atoms with Gasteiger partial charge in [-0.25, -0.2) is 9.97 Å². The van der Waals surface area contributed by atoms with Gasteiger partial charge in [0.1, 0.15) is 10.3 Å². The Morgan fingerprint density at radius 2 is 1.90 bits per heavy atom. The lowest BCUT2D eigenvalue weighted by Gasteiger charge is -2.11. The molecule has 0 bridgehead atoms. The van der Waals surface area contributed by atoms with Gasteiger partial charge in [0.15, 0.2) is 5.16 Å². The summed E-state index contributed by atoms with van der Waals surface area (Å²) in [6, 6.07) is 14.4. The number of nitrogens with zero attached hydrogens (tertiary/aromatic N) is 5. The minimum Gasteiger partial charge on any atom is -0.280 e. The lowest BCUT2D eigenvalue weighted by atomic mass is 10.3. The van der Waals surface area contributed by atoms with Gasteiger partial charge < -0.3 is 0 Å². The number of hydrogen-bond acceptors (Lipinski definition) is 7. The number of fused-ring (bicyclic) bond motifs is 2. The average molecular weight is 434 g/mol. The molecule has 7 nitrogen and oxygen atoms in total. The highest BCUT2D eigenvalue weighted by atomic mass is 32.2. The fraction of sp³-hybridized carbons (Fsp3) is 0.0952. The van der Waals surface area contributed by atoms with Crippen LogP contribution in [-0.2, 0) is 12.3 Å². The van der Waals surface area contributed by atoms with Crippen LogP contribution >= 0.6 is 23.1 Å². The molecule has 30 heavy (non-hydrogen) atoms. The van der Waals surface area contributed by atoms with Crippen molar-refractivity contribution in [3.63, 3.8) is 0 Å². The van der Waals surface area contributed by atoms with Crippen LogP contribution in [0.15, 0.2) is 81.1 Å². The van der Waals surface area contributed by atoms with Crippen LogP contribution in [0.5, 0.6) is 0 Å². The fourth-order valence-electron chi connectivity index (χ4n) is 3.14. The van der Waals surface area contributed by atoms with Crippen LogP contribution in [0.2, 0.25) is 0 Å². The molecule has 0 aliphatic heterocycles. The molecule has 0 fully saturated rings. The summed E-state index contributed by atoms with van der Waals surface area (Å²) in [5, 5.41) is 2.44. The van der Waals surface area contributed by atoms with E-state index in [1.54, 1.807) is 29.1 Å². The Morgan fingerprint density at radius 3 is 2.77 bits per heavy atom. The van der Waals surface area contributed by atoms with Gasteiger partial charge in [0.2, 0.25) is 0 Å². The number of rotatable bonds is 5. The molecule has 148 valence electrons. The van der Waals surface area contributed by atoms with Crippen LogP contribution in [0.3, 0.4) is 0 Å². The van der Waals surface area contributed by atoms with Crippen molar-refractivity contribution in [3.05, 3.63) is 98.4 Å². The van der Waals surface area contributed by atoms with E-state index in [0.717, 1.165) is 5.69 Å². The van der Waals surface area contributed by atoms with Crippen LogP contribution in [0, 0.1) is 0 Å². The van der Waals surface area contributed by atoms with Gasteiger partial charge in [-0.1, -0.05) is 23.9 Å². The van der Waals surface area contributed by atoms with Gasteiger partial charge in [0.25, 0.3) is 11.1 Å². The van der Waals surface area contributed by atoms with Gasteiger partial charge in [0, 0.05) is 24.2 Å². The monoisotopic (exact) mass is 433 g/mol. The molecule has 5 rings (SSSR count). The van der Waals surface area contributed by atoms with Crippen molar-refractivity contribution < 1.29 is 0 Å². The normalized spacial score (nSPS) is 11.3. The number of thioether (sulfide) groups is 1. The summed E-state index contributed by atoms with van der Waals surface area (Å²) in [5.74, 6) is 0.422. The molecule has 0 radical (unpaired) electrons. The molecule has 0 amide bonds. The van der Waals surface area contributed by atoms with Crippen LogP contribution < -0.4 is 11.1 Å². The lowest BCUT2D eigenvalue weighted by Crippen LogP contribution is -2.23. The molecule has 0 aliphatic carbocycles. The maximum Gasteiger partial charge on any atom is 0.272 e. The summed E-state index contributed by atoms with van der Waals surface area (Å²) in [7, 11) is 0. The van der Waals surface area contributed by atoms with Crippen LogP contribution in [0.4, 0.5) is 0 Å². The van der Waals surface area contributed by atoms with Crippen molar-refractivity contribution in [3.8, 4) is 0 Å². The summed E-state index contributed by atoms with van der Waals surface area (Å²) in [5.41, 5.74) is 2.46. The minimum absolute atomic E-state index is 0.0882. The third kappa shape index (κ3) is 3.53. The van der Waals surface area contributed by atoms with E-state index in [4.69, 9.17) is 0 Å². The van der Waals surface area contributed by atoms with E-state index in [0.29, 0.717) is 39.0 Å². The first-order chi connectivity index (χ1) is 14.7. The molecule has 0 aromatic carbocycles. The van der Waals surface area contributed by atoms with Crippen molar-refractivity contribution in [2.75, 3.05) is 0 Å². The van der Waals surface area contributed by atoms with Crippen LogP contribution in [-0.4, -0.2) is 23.9 Å². The van der Waals surface area contributed by atoms with Gasteiger partial charge in [-0.05, 0) is 35.7 Å². The second-order valence-corrected chi connectivity index (χ2v) is 8.40. The molecule has 0 atom stereocenters. The molecule has 0 saturated carbocycles. The summed E-state index contributed by atoms with van der Waals surface area (Å²) < 4.78 is 3.76. The Hall–Kier alpha value is -3.30. The van der Waals surface area contributed by atoms with Gasteiger partial charge in [-0.2, -0.15) is 0 Å². The summed E-state index contributed by atoms with van der Waals surface area (Å²) in [6.07, 6.45) is 3.40.